The van der Waals surface area contributed by atoms with Crippen LogP contribution in [0.15, 0.2) is 120 Å². The molecule has 0 aliphatic heterocycles. The van der Waals surface area contributed by atoms with Gasteiger partial charge in [0.25, 0.3) is 0 Å². The van der Waals surface area contributed by atoms with E-state index in [1.54, 1.807) is 0 Å². The molecule has 0 fully saturated rings. The van der Waals surface area contributed by atoms with Gasteiger partial charge in [0.2, 0.25) is 0 Å². The molecule has 0 radical (unpaired) electrons. The number of carbonyl (C=O) groups excluding carboxylic acids is 2. The number of ether oxygens (including phenoxy) is 2. The van der Waals surface area contributed by atoms with Gasteiger partial charge in [0.15, 0.2) is 0 Å². The molecule has 0 spiro atoms. The van der Waals surface area contributed by atoms with Crippen molar-refractivity contribution in [3.8, 4) is 11.5 Å². The van der Waals surface area contributed by atoms with E-state index < -0.39 is 0 Å². The quantitative estimate of drug-likeness (QED) is 0.0582. The highest BCUT2D eigenvalue weighted by Crippen LogP contribution is 2.43. The third kappa shape index (κ3) is 11.2. The zero-order valence-electron chi connectivity index (χ0n) is 34.3. The van der Waals surface area contributed by atoms with Gasteiger partial charge in [-0.15, -0.1) is 0 Å². The molecule has 0 N–H and O–H groups in total. The fraction of sp³-hybridized carbons (Fsp3) is 0.400. The number of fused-ring (bicyclic) bond motifs is 1. The average molecular weight is 727 g/mol. The average Bonchev–Trinajstić information content (AvgIpc) is 3.16. The Kier molecular flexibility index (Phi) is 15.2. The second-order valence-corrected chi connectivity index (χ2v) is 15.7. The molecule has 54 heavy (non-hydrogen) atoms. The predicted molar refractivity (Wildman–Crippen MR) is 226 cm³/mol. The van der Waals surface area contributed by atoms with Crippen LogP contribution in [0.5, 0.6) is 11.5 Å². The molecule has 4 aromatic rings. The first-order chi connectivity index (χ1) is 25.8. The lowest BCUT2D eigenvalue weighted by atomic mass is 9.73. The Balaban J connectivity index is 1.68. The minimum absolute atomic E-state index is 0.0126. The SMILES string of the molecule is CCC(C)(CCC=C(C)C)/C(C)=C/CCC(C)(CC)/C(C)=C/Cc1c(C)c(OC(=O)Cc2ccccc2)c2ccccc2c1OC(=O)Cc1ccccc1. The summed E-state index contributed by atoms with van der Waals surface area (Å²) >= 11 is 0. The molecular formula is C50H62O4. The minimum atomic E-state index is -0.334. The van der Waals surface area contributed by atoms with Crippen LogP contribution in [-0.2, 0) is 28.9 Å². The smallest absolute Gasteiger partial charge is 0.315 e. The number of esters is 2. The van der Waals surface area contributed by atoms with E-state index in [9.17, 15) is 9.59 Å². The van der Waals surface area contributed by atoms with Crippen molar-refractivity contribution >= 4 is 22.7 Å². The van der Waals surface area contributed by atoms with Crippen molar-refractivity contribution in [3.63, 3.8) is 0 Å². The predicted octanol–water partition coefficient (Wildman–Crippen LogP) is 13.2. The van der Waals surface area contributed by atoms with E-state index in [2.05, 4.69) is 73.6 Å². The monoisotopic (exact) mass is 726 g/mol. The van der Waals surface area contributed by atoms with E-state index in [0.717, 1.165) is 71.6 Å². The van der Waals surface area contributed by atoms with E-state index in [0.29, 0.717) is 17.9 Å². The Hall–Kier alpha value is -4.70. The Morgan fingerprint density at radius 2 is 1.02 bits per heavy atom. The zero-order valence-corrected chi connectivity index (χ0v) is 34.3. The van der Waals surface area contributed by atoms with Crippen LogP contribution in [0.3, 0.4) is 0 Å². The standard InChI is InChI=1S/C50H62O4/c1-10-49(8,32-20-22-36(3)4)37(5)23-21-33-50(9,11-2)38(6)30-31-42-39(7)47(53-45(51)34-40-24-14-12-15-25-40)43-28-18-19-29-44(43)48(42)54-46(52)35-41-26-16-13-17-27-41/h12-19,22-30H,10-11,20-21,31-35H2,1-9H3/b37-23+,38-30+. The van der Waals surface area contributed by atoms with E-state index in [-0.39, 0.29) is 35.6 Å². The maximum Gasteiger partial charge on any atom is 0.315 e. The van der Waals surface area contributed by atoms with Crippen LogP contribution in [0, 0.1) is 17.8 Å². The molecule has 0 aromatic heterocycles. The molecule has 0 aliphatic carbocycles. The van der Waals surface area contributed by atoms with Gasteiger partial charge in [0.05, 0.1) is 12.8 Å². The summed E-state index contributed by atoms with van der Waals surface area (Å²) in [5, 5.41) is 1.49. The molecule has 4 nitrogen and oxygen atoms in total. The van der Waals surface area contributed by atoms with E-state index >= 15 is 0 Å². The Bertz CT molecular complexity index is 1960. The van der Waals surface area contributed by atoms with Gasteiger partial charge in [-0.25, -0.2) is 0 Å². The first kappa shape index (κ1) is 42.0. The molecule has 286 valence electrons. The van der Waals surface area contributed by atoms with Gasteiger partial charge in [0, 0.05) is 16.3 Å². The number of hydrogen-bond donors (Lipinski definition) is 0. The summed E-state index contributed by atoms with van der Waals surface area (Å²) in [6.07, 6.45) is 14.4. The summed E-state index contributed by atoms with van der Waals surface area (Å²) in [6, 6.07) is 27.0. The zero-order chi connectivity index (χ0) is 39.3. The summed E-state index contributed by atoms with van der Waals surface area (Å²) in [4.78, 5) is 26.9. The van der Waals surface area contributed by atoms with Gasteiger partial charge < -0.3 is 9.47 Å². The van der Waals surface area contributed by atoms with Crippen molar-refractivity contribution in [1.82, 2.24) is 0 Å². The number of rotatable bonds is 18. The Morgan fingerprint density at radius 1 is 0.593 bits per heavy atom. The van der Waals surface area contributed by atoms with Crippen LogP contribution in [-0.4, -0.2) is 11.9 Å². The number of allylic oxidation sites excluding steroid dienone is 6. The molecule has 4 rings (SSSR count). The van der Waals surface area contributed by atoms with Gasteiger partial charge in [-0.05, 0) is 107 Å². The van der Waals surface area contributed by atoms with Crippen molar-refractivity contribution in [1.29, 1.82) is 0 Å². The summed E-state index contributed by atoms with van der Waals surface area (Å²) in [5.41, 5.74) is 7.78. The summed E-state index contributed by atoms with van der Waals surface area (Å²) < 4.78 is 12.5. The highest BCUT2D eigenvalue weighted by Gasteiger charge is 2.27. The summed E-state index contributed by atoms with van der Waals surface area (Å²) in [5.74, 6) is 0.374. The highest BCUT2D eigenvalue weighted by atomic mass is 16.5. The van der Waals surface area contributed by atoms with Gasteiger partial charge in [-0.2, -0.15) is 0 Å². The lowest BCUT2D eigenvalue weighted by Gasteiger charge is -2.32. The minimum Gasteiger partial charge on any atom is -0.425 e. The van der Waals surface area contributed by atoms with Crippen molar-refractivity contribution in [3.05, 3.63) is 142 Å². The van der Waals surface area contributed by atoms with Crippen molar-refractivity contribution < 1.29 is 19.1 Å². The molecule has 0 saturated carbocycles. The molecule has 0 aliphatic rings. The number of hydrogen-bond acceptors (Lipinski definition) is 4. The fourth-order valence-electron chi connectivity index (χ4n) is 7.21. The lowest BCUT2D eigenvalue weighted by molar-refractivity contribution is -0.134. The van der Waals surface area contributed by atoms with Gasteiger partial charge >= 0.3 is 11.9 Å². The van der Waals surface area contributed by atoms with E-state index in [1.807, 2.05) is 91.9 Å². The molecule has 0 heterocycles. The molecule has 4 aromatic carbocycles. The molecule has 2 unspecified atom stereocenters. The lowest BCUT2D eigenvalue weighted by Crippen LogP contribution is -2.19. The summed E-state index contributed by atoms with van der Waals surface area (Å²) in [6.45, 7) is 20.2. The molecule has 0 saturated heterocycles. The van der Waals surface area contributed by atoms with Gasteiger partial charge in [-0.3, -0.25) is 9.59 Å². The maximum absolute atomic E-state index is 13.5. The third-order valence-electron chi connectivity index (χ3n) is 11.8. The van der Waals surface area contributed by atoms with E-state index in [1.165, 1.54) is 16.7 Å². The van der Waals surface area contributed by atoms with Crippen LogP contribution < -0.4 is 9.47 Å². The van der Waals surface area contributed by atoms with Crippen molar-refractivity contribution in [2.75, 3.05) is 0 Å². The van der Waals surface area contributed by atoms with Crippen LogP contribution in [0.2, 0.25) is 0 Å². The second kappa shape index (κ2) is 19.6. The van der Waals surface area contributed by atoms with Gasteiger partial charge in [-0.1, -0.05) is 148 Å². The van der Waals surface area contributed by atoms with Crippen LogP contribution in [0.4, 0.5) is 0 Å². The normalized spacial score (nSPS) is 14.2. The topological polar surface area (TPSA) is 52.6 Å². The van der Waals surface area contributed by atoms with Crippen LogP contribution >= 0.6 is 0 Å². The maximum atomic E-state index is 13.5. The largest absolute Gasteiger partial charge is 0.425 e. The first-order valence-corrected chi connectivity index (χ1v) is 19.8. The van der Waals surface area contributed by atoms with Crippen LogP contribution in [0.1, 0.15) is 116 Å². The highest BCUT2D eigenvalue weighted by molar-refractivity contribution is 5.99. The molecule has 0 bridgehead atoms. The van der Waals surface area contributed by atoms with E-state index in [4.69, 9.17) is 9.47 Å². The molecule has 2 atom stereocenters. The molecular weight excluding hydrogens is 665 g/mol. The van der Waals surface area contributed by atoms with Crippen molar-refractivity contribution in [2.45, 2.75) is 120 Å². The number of carbonyl (C=O) groups is 2. The second-order valence-electron chi connectivity index (χ2n) is 15.7. The van der Waals surface area contributed by atoms with Crippen LogP contribution in [0.25, 0.3) is 10.8 Å². The molecule has 4 heteroatoms. The third-order valence-corrected chi connectivity index (χ3v) is 11.8. The number of benzene rings is 4. The first-order valence-electron chi connectivity index (χ1n) is 19.8. The Labute approximate surface area is 325 Å². The van der Waals surface area contributed by atoms with Gasteiger partial charge in [0.1, 0.15) is 11.5 Å². The fourth-order valence-corrected chi connectivity index (χ4v) is 7.21. The Morgan fingerprint density at radius 3 is 1.50 bits per heavy atom. The summed E-state index contributed by atoms with van der Waals surface area (Å²) in [7, 11) is 0. The van der Waals surface area contributed by atoms with Crippen molar-refractivity contribution in [2.24, 2.45) is 10.8 Å². The molecule has 0 amide bonds.